The van der Waals surface area contributed by atoms with Crippen molar-refractivity contribution in [1.82, 2.24) is 19.9 Å². The number of anilines is 3. The zero-order chi connectivity index (χ0) is 19.3. The molecule has 0 saturated heterocycles. The lowest BCUT2D eigenvalue weighted by atomic mass is 10.1. The summed E-state index contributed by atoms with van der Waals surface area (Å²) in [7, 11) is 0. The van der Waals surface area contributed by atoms with Crippen molar-refractivity contribution in [1.29, 1.82) is 0 Å². The van der Waals surface area contributed by atoms with Gasteiger partial charge in [-0.25, -0.2) is 19.7 Å². The molecule has 0 saturated carbocycles. The number of carbonyl (C=O) groups is 1. The number of carbonyl (C=O) groups excluding carboxylic acids is 1. The van der Waals surface area contributed by atoms with Gasteiger partial charge in [0.05, 0.1) is 11.4 Å². The van der Waals surface area contributed by atoms with Crippen LogP contribution < -0.4 is 15.5 Å². The van der Waals surface area contributed by atoms with Crippen LogP contribution >= 0.6 is 0 Å². The van der Waals surface area contributed by atoms with Crippen LogP contribution in [0, 0.1) is 6.92 Å². The Bertz CT molecular complexity index is 960. The second kappa shape index (κ2) is 7.99. The van der Waals surface area contributed by atoms with Gasteiger partial charge >= 0.3 is 6.03 Å². The molecule has 3 aromatic rings. The predicted molar refractivity (Wildman–Crippen MR) is 108 cm³/mol. The number of pyridine rings is 2. The lowest BCUT2D eigenvalue weighted by Crippen LogP contribution is -2.38. The van der Waals surface area contributed by atoms with Crippen LogP contribution in [-0.2, 0) is 0 Å². The minimum atomic E-state index is -0.268. The number of rotatable bonds is 2. The van der Waals surface area contributed by atoms with E-state index in [1.165, 1.54) is 6.33 Å². The summed E-state index contributed by atoms with van der Waals surface area (Å²) in [6.45, 7) is 3.37. The smallest absolute Gasteiger partial charge is 0.328 e. The predicted octanol–water partition coefficient (Wildman–Crippen LogP) is 3.49. The van der Waals surface area contributed by atoms with E-state index in [0.717, 1.165) is 42.0 Å². The van der Waals surface area contributed by atoms with E-state index in [1.54, 1.807) is 23.4 Å². The van der Waals surface area contributed by atoms with E-state index in [1.807, 2.05) is 31.2 Å². The number of amides is 2. The molecular formula is C20H21N7O. The van der Waals surface area contributed by atoms with Gasteiger partial charge in [-0.05, 0) is 50.1 Å². The van der Waals surface area contributed by atoms with Crippen LogP contribution in [0.15, 0.2) is 49.1 Å². The van der Waals surface area contributed by atoms with Gasteiger partial charge in [-0.3, -0.25) is 15.2 Å². The van der Waals surface area contributed by atoms with Gasteiger partial charge in [0.15, 0.2) is 5.82 Å². The number of urea groups is 1. The highest BCUT2D eigenvalue weighted by molar-refractivity contribution is 6.02. The van der Waals surface area contributed by atoms with Crippen LogP contribution in [0.1, 0.15) is 18.5 Å². The summed E-state index contributed by atoms with van der Waals surface area (Å²) in [5.41, 5.74) is 3.46. The standard InChI is InChI=1S/C20H21N7O/c1-14-4-5-15(12-23-14)16-6-7-17-19(25-16)27(11-3-2-9-22-17)20(28)26-18-8-10-21-13-24-18/h4-8,10,12-13,22H,2-3,9,11H2,1H3,(H,21,24,26,28). The van der Waals surface area contributed by atoms with Crippen molar-refractivity contribution in [3.63, 3.8) is 0 Å². The zero-order valence-corrected chi connectivity index (χ0v) is 15.6. The highest BCUT2D eigenvalue weighted by atomic mass is 16.2. The van der Waals surface area contributed by atoms with E-state index in [0.29, 0.717) is 18.2 Å². The van der Waals surface area contributed by atoms with E-state index in [-0.39, 0.29) is 6.03 Å². The lowest BCUT2D eigenvalue weighted by Gasteiger charge is -2.27. The van der Waals surface area contributed by atoms with Gasteiger partial charge in [-0.1, -0.05) is 0 Å². The molecule has 0 radical (unpaired) electrons. The lowest BCUT2D eigenvalue weighted by molar-refractivity contribution is 0.256. The van der Waals surface area contributed by atoms with Crippen molar-refractivity contribution >= 4 is 23.4 Å². The summed E-state index contributed by atoms with van der Waals surface area (Å²) in [6.07, 6.45) is 6.64. The molecule has 4 rings (SSSR count). The van der Waals surface area contributed by atoms with E-state index >= 15 is 0 Å². The van der Waals surface area contributed by atoms with Gasteiger partial charge < -0.3 is 5.32 Å². The van der Waals surface area contributed by atoms with Gasteiger partial charge in [-0.2, -0.15) is 0 Å². The number of hydrogen-bond donors (Lipinski definition) is 2. The number of aromatic nitrogens is 4. The molecule has 1 aliphatic heterocycles. The molecule has 0 bridgehead atoms. The number of nitrogens with one attached hydrogen (secondary N) is 2. The summed E-state index contributed by atoms with van der Waals surface area (Å²) >= 11 is 0. The first-order valence-corrected chi connectivity index (χ1v) is 9.23. The second-order valence-corrected chi connectivity index (χ2v) is 6.57. The Morgan fingerprint density at radius 2 is 2.07 bits per heavy atom. The van der Waals surface area contributed by atoms with Gasteiger partial charge in [0, 0.05) is 36.7 Å². The first-order chi connectivity index (χ1) is 13.7. The molecule has 2 amide bonds. The molecule has 4 heterocycles. The van der Waals surface area contributed by atoms with Gasteiger partial charge in [0.2, 0.25) is 0 Å². The molecule has 3 aromatic heterocycles. The Morgan fingerprint density at radius 3 is 2.86 bits per heavy atom. The third kappa shape index (κ3) is 3.90. The summed E-state index contributed by atoms with van der Waals surface area (Å²) < 4.78 is 0. The maximum absolute atomic E-state index is 13.0. The largest absolute Gasteiger partial charge is 0.382 e. The molecule has 8 nitrogen and oxygen atoms in total. The third-order valence-corrected chi connectivity index (χ3v) is 4.52. The van der Waals surface area contributed by atoms with Crippen molar-refractivity contribution in [2.75, 3.05) is 28.6 Å². The Hall–Kier alpha value is -3.55. The van der Waals surface area contributed by atoms with Crippen molar-refractivity contribution in [2.45, 2.75) is 19.8 Å². The molecule has 28 heavy (non-hydrogen) atoms. The van der Waals surface area contributed by atoms with Crippen molar-refractivity contribution in [3.05, 3.63) is 54.7 Å². The molecule has 8 heteroatoms. The SMILES string of the molecule is Cc1ccc(-c2ccc3c(n2)N(C(=O)Nc2ccncn2)CCCCN3)cn1. The number of fused-ring (bicyclic) bond motifs is 1. The molecule has 0 atom stereocenters. The summed E-state index contributed by atoms with van der Waals surface area (Å²) in [5, 5.41) is 6.20. The Kier molecular flexibility index (Phi) is 5.09. The third-order valence-electron chi connectivity index (χ3n) is 4.52. The molecule has 0 fully saturated rings. The van der Waals surface area contributed by atoms with Crippen LogP contribution in [0.4, 0.5) is 22.1 Å². The average molecular weight is 375 g/mol. The van der Waals surface area contributed by atoms with Crippen LogP contribution in [0.25, 0.3) is 11.3 Å². The highest BCUT2D eigenvalue weighted by Crippen LogP contribution is 2.30. The Labute approximate surface area is 163 Å². The Morgan fingerprint density at radius 1 is 1.14 bits per heavy atom. The number of hydrogen-bond acceptors (Lipinski definition) is 6. The summed E-state index contributed by atoms with van der Waals surface area (Å²) in [4.78, 5) is 31.7. The van der Waals surface area contributed by atoms with Crippen LogP contribution in [0.5, 0.6) is 0 Å². The maximum Gasteiger partial charge on any atom is 0.328 e. The van der Waals surface area contributed by atoms with Crippen LogP contribution in [0.2, 0.25) is 0 Å². The minimum absolute atomic E-state index is 0.268. The van der Waals surface area contributed by atoms with Gasteiger partial charge in [0.25, 0.3) is 0 Å². The van der Waals surface area contributed by atoms with E-state index in [9.17, 15) is 4.79 Å². The molecular weight excluding hydrogens is 354 g/mol. The quantitative estimate of drug-likeness (QED) is 0.712. The van der Waals surface area contributed by atoms with Gasteiger partial charge in [0.1, 0.15) is 12.1 Å². The van der Waals surface area contributed by atoms with E-state index < -0.39 is 0 Å². The minimum Gasteiger partial charge on any atom is -0.382 e. The Balaban J connectivity index is 1.69. The summed E-state index contributed by atoms with van der Waals surface area (Å²) in [5.74, 6) is 1.06. The first kappa shape index (κ1) is 17.8. The normalized spacial score (nSPS) is 13.7. The van der Waals surface area contributed by atoms with E-state index in [2.05, 4.69) is 25.6 Å². The van der Waals surface area contributed by atoms with Crippen molar-refractivity contribution in [2.24, 2.45) is 0 Å². The molecule has 0 spiro atoms. The molecule has 0 aliphatic carbocycles. The zero-order valence-electron chi connectivity index (χ0n) is 15.6. The fraction of sp³-hybridized carbons (Fsp3) is 0.250. The summed E-state index contributed by atoms with van der Waals surface area (Å²) in [6, 6.07) is 9.23. The highest BCUT2D eigenvalue weighted by Gasteiger charge is 2.23. The van der Waals surface area contributed by atoms with Crippen molar-refractivity contribution < 1.29 is 4.79 Å². The van der Waals surface area contributed by atoms with Crippen LogP contribution in [0.3, 0.4) is 0 Å². The molecule has 142 valence electrons. The number of nitrogens with zero attached hydrogens (tertiary/aromatic N) is 5. The average Bonchev–Trinajstić information content (AvgIpc) is 2.70. The molecule has 0 unspecified atom stereocenters. The van der Waals surface area contributed by atoms with Gasteiger partial charge in [-0.15, -0.1) is 0 Å². The van der Waals surface area contributed by atoms with E-state index in [4.69, 9.17) is 4.98 Å². The fourth-order valence-corrected chi connectivity index (χ4v) is 3.04. The fourth-order valence-electron chi connectivity index (χ4n) is 3.04. The first-order valence-electron chi connectivity index (χ1n) is 9.23. The van der Waals surface area contributed by atoms with Crippen LogP contribution in [-0.4, -0.2) is 39.1 Å². The second-order valence-electron chi connectivity index (χ2n) is 6.57. The molecule has 1 aliphatic rings. The molecule has 0 aromatic carbocycles. The monoisotopic (exact) mass is 375 g/mol. The van der Waals surface area contributed by atoms with Crippen molar-refractivity contribution in [3.8, 4) is 11.3 Å². The number of aryl methyl sites for hydroxylation is 1. The molecule has 2 N–H and O–H groups in total. The topological polar surface area (TPSA) is 95.9 Å². The maximum atomic E-state index is 13.0.